The third-order valence-electron chi connectivity index (χ3n) is 3.10. The fraction of sp³-hybridized carbons (Fsp3) is 0.267. The van der Waals surface area contributed by atoms with Crippen molar-refractivity contribution in [2.24, 2.45) is 5.16 Å². The maximum atomic E-state index is 11.9. The van der Waals surface area contributed by atoms with Crippen molar-refractivity contribution in [1.82, 2.24) is 9.78 Å². The number of carbonyl (C=O) groups excluding carboxylic acids is 1. The molecule has 0 spiro atoms. The molecule has 6 heteroatoms. The molecule has 0 aliphatic heterocycles. The maximum Gasteiger partial charge on any atom is 0.361 e. The van der Waals surface area contributed by atoms with Crippen LogP contribution in [0.3, 0.4) is 0 Å². The van der Waals surface area contributed by atoms with Crippen LogP contribution in [-0.2, 0) is 9.53 Å². The van der Waals surface area contributed by atoms with Crippen molar-refractivity contribution in [3.8, 4) is 5.69 Å². The van der Waals surface area contributed by atoms with Crippen LogP contribution in [0.4, 0.5) is 0 Å². The molecular weight excluding hydrogens is 270 g/mol. The molecular formula is C15H17N3O3. The van der Waals surface area contributed by atoms with E-state index in [-0.39, 0.29) is 12.3 Å². The van der Waals surface area contributed by atoms with Gasteiger partial charge >= 0.3 is 5.97 Å². The minimum absolute atomic E-state index is 0.131. The second-order valence-electron chi connectivity index (χ2n) is 4.46. The number of para-hydroxylation sites is 1. The van der Waals surface area contributed by atoms with E-state index < -0.39 is 5.97 Å². The van der Waals surface area contributed by atoms with Gasteiger partial charge in [0.2, 0.25) is 0 Å². The Morgan fingerprint density at radius 2 is 2.00 bits per heavy atom. The SMILES string of the molecule is CCOC(=O)/C(=N\O)c1c(C)nn(-c2ccccc2)c1C. The van der Waals surface area contributed by atoms with Crippen LogP contribution in [0.25, 0.3) is 5.69 Å². The number of rotatable bonds is 4. The summed E-state index contributed by atoms with van der Waals surface area (Å²) < 4.78 is 6.61. The molecule has 6 nitrogen and oxygen atoms in total. The highest BCUT2D eigenvalue weighted by Gasteiger charge is 2.24. The van der Waals surface area contributed by atoms with Gasteiger partial charge in [-0.1, -0.05) is 23.4 Å². The lowest BCUT2D eigenvalue weighted by atomic mass is 10.1. The summed E-state index contributed by atoms with van der Waals surface area (Å²) in [5.41, 5.74) is 2.52. The van der Waals surface area contributed by atoms with Crippen LogP contribution in [-0.4, -0.2) is 33.3 Å². The molecule has 0 aliphatic rings. The molecule has 1 N–H and O–H groups in total. The zero-order chi connectivity index (χ0) is 15.4. The van der Waals surface area contributed by atoms with Gasteiger partial charge in [0.05, 0.1) is 29.2 Å². The van der Waals surface area contributed by atoms with Crippen LogP contribution in [0.15, 0.2) is 35.5 Å². The number of aromatic nitrogens is 2. The zero-order valence-electron chi connectivity index (χ0n) is 12.2. The molecule has 1 aromatic heterocycles. The first-order chi connectivity index (χ1) is 10.1. The average Bonchev–Trinajstić information content (AvgIpc) is 2.78. The molecule has 0 fully saturated rings. The topological polar surface area (TPSA) is 76.7 Å². The monoisotopic (exact) mass is 287 g/mol. The number of esters is 1. The van der Waals surface area contributed by atoms with E-state index in [0.717, 1.165) is 5.69 Å². The summed E-state index contributed by atoms with van der Waals surface area (Å²) in [5, 5.41) is 16.7. The number of carbonyl (C=O) groups is 1. The van der Waals surface area contributed by atoms with Gasteiger partial charge in [0.1, 0.15) is 0 Å². The second-order valence-corrected chi connectivity index (χ2v) is 4.46. The summed E-state index contributed by atoms with van der Waals surface area (Å²) >= 11 is 0. The van der Waals surface area contributed by atoms with Gasteiger partial charge < -0.3 is 9.94 Å². The quantitative estimate of drug-likeness (QED) is 0.405. The first-order valence-corrected chi connectivity index (χ1v) is 6.61. The molecule has 0 unspecified atom stereocenters. The second kappa shape index (κ2) is 6.21. The smallest absolute Gasteiger partial charge is 0.361 e. The highest BCUT2D eigenvalue weighted by atomic mass is 16.5. The van der Waals surface area contributed by atoms with Crippen LogP contribution in [0.2, 0.25) is 0 Å². The molecule has 1 heterocycles. The number of hydrogen-bond donors (Lipinski definition) is 1. The highest BCUT2D eigenvalue weighted by Crippen LogP contribution is 2.19. The zero-order valence-corrected chi connectivity index (χ0v) is 12.2. The number of aryl methyl sites for hydroxylation is 1. The number of hydrogen-bond acceptors (Lipinski definition) is 5. The maximum absolute atomic E-state index is 11.9. The predicted molar refractivity (Wildman–Crippen MR) is 78.0 cm³/mol. The van der Waals surface area contributed by atoms with Crippen molar-refractivity contribution in [3.63, 3.8) is 0 Å². The molecule has 0 saturated heterocycles. The molecule has 21 heavy (non-hydrogen) atoms. The van der Waals surface area contributed by atoms with Crippen molar-refractivity contribution >= 4 is 11.7 Å². The van der Waals surface area contributed by atoms with Gasteiger partial charge in [-0.25, -0.2) is 9.48 Å². The molecule has 0 bridgehead atoms. The van der Waals surface area contributed by atoms with E-state index in [4.69, 9.17) is 9.94 Å². The first-order valence-electron chi connectivity index (χ1n) is 6.61. The Balaban J connectivity index is 2.52. The standard InChI is InChI=1S/C15H17N3O3/c1-4-21-15(19)14(17-20)13-10(2)16-18(11(13)3)12-8-6-5-7-9-12/h5-9,20H,4H2,1-3H3/b17-14-. The van der Waals surface area contributed by atoms with Crippen molar-refractivity contribution in [1.29, 1.82) is 0 Å². The fourth-order valence-electron chi connectivity index (χ4n) is 2.20. The highest BCUT2D eigenvalue weighted by molar-refractivity contribution is 6.43. The van der Waals surface area contributed by atoms with E-state index in [2.05, 4.69) is 10.3 Å². The van der Waals surface area contributed by atoms with Crippen LogP contribution in [0.5, 0.6) is 0 Å². The van der Waals surface area contributed by atoms with E-state index in [1.807, 2.05) is 37.3 Å². The van der Waals surface area contributed by atoms with Crippen LogP contribution in [0, 0.1) is 13.8 Å². The molecule has 0 radical (unpaired) electrons. The summed E-state index contributed by atoms with van der Waals surface area (Å²) in [6.45, 7) is 5.47. The summed E-state index contributed by atoms with van der Waals surface area (Å²) in [7, 11) is 0. The number of oxime groups is 1. The first kappa shape index (κ1) is 14.8. The van der Waals surface area contributed by atoms with Gasteiger partial charge in [0, 0.05) is 0 Å². The van der Waals surface area contributed by atoms with E-state index in [0.29, 0.717) is 17.0 Å². The number of benzene rings is 1. The Labute approximate surface area is 122 Å². The summed E-state index contributed by atoms with van der Waals surface area (Å²) in [6.07, 6.45) is 0. The lowest BCUT2D eigenvalue weighted by Crippen LogP contribution is -2.20. The van der Waals surface area contributed by atoms with E-state index >= 15 is 0 Å². The lowest BCUT2D eigenvalue weighted by Gasteiger charge is -2.06. The third kappa shape index (κ3) is 2.79. The fourth-order valence-corrected chi connectivity index (χ4v) is 2.20. The molecule has 0 amide bonds. The van der Waals surface area contributed by atoms with Gasteiger partial charge in [0.15, 0.2) is 5.71 Å². The van der Waals surface area contributed by atoms with Gasteiger partial charge in [-0.2, -0.15) is 5.10 Å². The normalized spacial score (nSPS) is 11.5. The average molecular weight is 287 g/mol. The van der Waals surface area contributed by atoms with Gasteiger partial charge in [0.25, 0.3) is 0 Å². The minimum Gasteiger partial charge on any atom is -0.461 e. The van der Waals surface area contributed by atoms with Gasteiger partial charge in [-0.15, -0.1) is 0 Å². The van der Waals surface area contributed by atoms with Crippen molar-refractivity contribution in [3.05, 3.63) is 47.3 Å². The third-order valence-corrected chi connectivity index (χ3v) is 3.10. The van der Waals surface area contributed by atoms with E-state index in [9.17, 15) is 4.79 Å². The summed E-state index contributed by atoms with van der Waals surface area (Å²) in [4.78, 5) is 11.9. The Bertz CT molecular complexity index is 675. The van der Waals surface area contributed by atoms with Crippen LogP contribution in [0.1, 0.15) is 23.9 Å². The molecule has 110 valence electrons. The number of nitrogens with zero attached hydrogens (tertiary/aromatic N) is 3. The Kier molecular flexibility index (Phi) is 4.37. The largest absolute Gasteiger partial charge is 0.461 e. The minimum atomic E-state index is -0.668. The van der Waals surface area contributed by atoms with E-state index in [1.165, 1.54) is 0 Å². The Morgan fingerprint density at radius 3 is 2.57 bits per heavy atom. The van der Waals surface area contributed by atoms with Crippen LogP contribution < -0.4 is 0 Å². The molecule has 0 aliphatic carbocycles. The van der Waals surface area contributed by atoms with Gasteiger partial charge in [-0.05, 0) is 32.9 Å². The molecule has 0 saturated carbocycles. The Morgan fingerprint density at radius 1 is 1.33 bits per heavy atom. The van der Waals surface area contributed by atoms with Crippen molar-refractivity contribution < 1.29 is 14.7 Å². The predicted octanol–water partition coefficient (Wildman–Crippen LogP) is 2.23. The van der Waals surface area contributed by atoms with E-state index in [1.54, 1.807) is 18.5 Å². The van der Waals surface area contributed by atoms with Crippen LogP contribution >= 0.6 is 0 Å². The number of ether oxygens (including phenoxy) is 1. The molecule has 0 atom stereocenters. The lowest BCUT2D eigenvalue weighted by molar-refractivity contribution is -0.135. The summed E-state index contributed by atoms with van der Waals surface area (Å²) in [5.74, 6) is -0.668. The van der Waals surface area contributed by atoms with Gasteiger partial charge in [-0.3, -0.25) is 0 Å². The molecule has 2 aromatic rings. The van der Waals surface area contributed by atoms with Crippen molar-refractivity contribution in [2.75, 3.05) is 6.61 Å². The molecule has 2 rings (SSSR count). The van der Waals surface area contributed by atoms with Crippen molar-refractivity contribution in [2.45, 2.75) is 20.8 Å². The summed E-state index contributed by atoms with van der Waals surface area (Å²) in [6, 6.07) is 9.53. The Hall–Kier alpha value is -2.63. The molecule has 1 aromatic carbocycles.